The molecule has 1 atom stereocenters. The van der Waals surface area contributed by atoms with E-state index in [2.05, 4.69) is 0 Å². The molecule has 106 valence electrons. The van der Waals surface area contributed by atoms with E-state index >= 15 is 0 Å². The van der Waals surface area contributed by atoms with Crippen LogP contribution >= 0.6 is 0 Å². The van der Waals surface area contributed by atoms with Crippen LogP contribution in [-0.4, -0.2) is 31.9 Å². The molecule has 0 radical (unpaired) electrons. The van der Waals surface area contributed by atoms with Gasteiger partial charge in [0.25, 0.3) is 0 Å². The van der Waals surface area contributed by atoms with E-state index in [1.54, 1.807) is 13.0 Å². The van der Waals surface area contributed by atoms with E-state index in [1.165, 1.54) is 16.4 Å². The van der Waals surface area contributed by atoms with Gasteiger partial charge in [-0.05, 0) is 37.5 Å². The number of aryl methyl sites for hydroxylation is 1. The lowest BCUT2D eigenvalue weighted by molar-refractivity contribution is 0.257. The van der Waals surface area contributed by atoms with Crippen molar-refractivity contribution in [3.8, 4) is 0 Å². The van der Waals surface area contributed by atoms with E-state index < -0.39 is 15.8 Å². The van der Waals surface area contributed by atoms with Gasteiger partial charge in [0.05, 0.1) is 0 Å². The van der Waals surface area contributed by atoms with Crippen molar-refractivity contribution in [3.63, 3.8) is 0 Å². The van der Waals surface area contributed by atoms with Gasteiger partial charge < -0.3 is 5.73 Å². The van der Waals surface area contributed by atoms with Gasteiger partial charge in [-0.25, -0.2) is 12.8 Å². The van der Waals surface area contributed by atoms with Gasteiger partial charge in [0, 0.05) is 19.1 Å². The van der Waals surface area contributed by atoms with Crippen LogP contribution in [0.25, 0.3) is 0 Å². The van der Waals surface area contributed by atoms with E-state index in [0.717, 1.165) is 24.8 Å². The third-order valence-electron chi connectivity index (χ3n) is 3.52. The second-order valence-corrected chi connectivity index (χ2v) is 6.79. The molecule has 2 rings (SSSR count). The molecule has 4 nitrogen and oxygen atoms in total. The minimum absolute atomic E-state index is 0.223. The maximum atomic E-state index is 13.8. The van der Waals surface area contributed by atoms with Crippen molar-refractivity contribution in [2.75, 3.05) is 13.1 Å². The summed E-state index contributed by atoms with van der Waals surface area (Å²) in [5, 5.41) is 0. The molecular formula is C13H19FN2O2S. The Kier molecular flexibility index (Phi) is 4.23. The second-order valence-electron chi connectivity index (χ2n) is 4.93. The molecule has 1 aromatic rings. The van der Waals surface area contributed by atoms with E-state index in [-0.39, 0.29) is 17.5 Å². The zero-order valence-corrected chi connectivity index (χ0v) is 11.8. The normalized spacial score (nSPS) is 21.5. The Morgan fingerprint density at radius 1 is 1.42 bits per heavy atom. The van der Waals surface area contributed by atoms with E-state index in [9.17, 15) is 12.8 Å². The molecule has 1 aliphatic heterocycles. The van der Waals surface area contributed by atoms with Gasteiger partial charge in [-0.2, -0.15) is 4.31 Å². The maximum Gasteiger partial charge on any atom is 0.246 e. The first-order chi connectivity index (χ1) is 8.96. The van der Waals surface area contributed by atoms with Gasteiger partial charge in [0.1, 0.15) is 10.7 Å². The molecule has 1 aromatic carbocycles. The number of benzene rings is 1. The van der Waals surface area contributed by atoms with E-state index in [4.69, 9.17) is 5.73 Å². The van der Waals surface area contributed by atoms with Gasteiger partial charge in [-0.1, -0.05) is 12.5 Å². The third-order valence-corrected chi connectivity index (χ3v) is 5.49. The first-order valence-corrected chi connectivity index (χ1v) is 7.89. The van der Waals surface area contributed by atoms with Crippen molar-refractivity contribution in [1.82, 2.24) is 4.31 Å². The highest BCUT2D eigenvalue weighted by atomic mass is 32.2. The monoisotopic (exact) mass is 286 g/mol. The van der Waals surface area contributed by atoms with Crippen molar-refractivity contribution in [3.05, 3.63) is 29.6 Å². The van der Waals surface area contributed by atoms with Crippen molar-refractivity contribution in [2.24, 2.45) is 5.73 Å². The molecule has 1 fully saturated rings. The largest absolute Gasteiger partial charge is 0.329 e. The number of piperidine rings is 1. The van der Waals surface area contributed by atoms with Crippen molar-refractivity contribution >= 4 is 10.0 Å². The summed E-state index contributed by atoms with van der Waals surface area (Å²) in [5.74, 6) is -0.702. The van der Waals surface area contributed by atoms with Gasteiger partial charge in [0.15, 0.2) is 0 Å². The highest BCUT2D eigenvalue weighted by molar-refractivity contribution is 7.89. The Morgan fingerprint density at radius 2 is 2.16 bits per heavy atom. The summed E-state index contributed by atoms with van der Waals surface area (Å²) in [4.78, 5) is -0.243. The molecule has 1 saturated heterocycles. The van der Waals surface area contributed by atoms with E-state index in [0.29, 0.717) is 6.54 Å². The van der Waals surface area contributed by atoms with Crippen LogP contribution < -0.4 is 5.73 Å². The molecule has 0 saturated carbocycles. The lowest BCUT2D eigenvalue weighted by atomic mass is 10.1. The van der Waals surface area contributed by atoms with Gasteiger partial charge in [-0.15, -0.1) is 0 Å². The highest BCUT2D eigenvalue weighted by Gasteiger charge is 2.34. The number of nitrogens with two attached hydrogens (primary N) is 1. The average molecular weight is 286 g/mol. The molecule has 6 heteroatoms. The summed E-state index contributed by atoms with van der Waals surface area (Å²) in [6.45, 7) is 2.43. The first kappa shape index (κ1) is 14.4. The number of hydrogen-bond donors (Lipinski definition) is 1. The molecule has 0 aromatic heterocycles. The molecule has 1 unspecified atom stereocenters. The quantitative estimate of drug-likeness (QED) is 0.918. The predicted molar refractivity (Wildman–Crippen MR) is 71.7 cm³/mol. The molecule has 2 N–H and O–H groups in total. The van der Waals surface area contributed by atoms with Crippen LogP contribution in [0.5, 0.6) is 0 Å². The summed E-state index contributed by atoms with van der Waals surface area (Å²) < 4.78 is 40.3. The number of nitrogens with zero attached hydrogens (tertiary/aromatic N) is 1. The Balaban J connectivity index is 2.43. The van der Waals surface area contributed by atoms with Gasteiger partial charge >= 0.3 is 0 Å². The van der Waals surface area contributed by atoms with Crippen LogP contribution in [0.3, 0.4) is 0 Å². The zero-order chi connectivity index (χ0) is 14.0. The van der Waals surface area contributed by atoms with Crippen molar-refractivity contribution in [1.29, 1.82) is 0 Å². The minimum atomic E-state index is -3.80. The SMILES string of the molecule is Cc1ccc(F)c(S(=O)(=O)N2CCCCC2CN)c1. The topological polar surface area (TPSA) is 63.4 Å². The maximum absolute atomic E-state index is 13.8. The molecule has 1 aliphatic rings. The molecule has 0 aliphatic carbocycles. The van der Waals surface area contributed by atoms with Crippen LogP contribution in [0.4, 0.5) is 4.39 Å². The Bertz CT molecular complexity index is 560. The zero-order valence-electron chi connectivity index (χ0n) is 11.0. The fourth-order valence-electron chi connectivity index (χ4n) is 2.46. The first-order valence-electron chi connectivity index (χ1n) is 6.45. The van der Waals surface area contributed by atoms with Crippen molar-refractivity contribution in [2.45, 2.75) is 37.1 Å². The Hall–Kier alpha value is -0.980. The molecular weight excluding hydrogens is 267 g/mol. The summed E-state index contributed by atoms with van der Waals surface area (Å²) in [7, 11) is -3.80. The Morgan fingerprint density at radius 3 is 2.84 bits per heavy atom. The minimum Gasteiger partial charge on any atom is -0.329 e. The van der Waals surface area contributed by atoms with Gasteiger partial charge in [-0.3, -0.25) is 0 Å². The summed E-state index contributed by atoms with van der Waals surface area (Å²) in [5.41, 5.74) is 6.36. The fraction of sp³-hybridized carbons (Fsp3) is 0.538. The molecule has 19 heavy (non-hydrogen) atoms. The Labute approximate surface area is 113 Å². The number of hydrogen-bond acceptors (Lipinski definition) is 3. The van der Waals surface area contributed by atoms with Crippen LogP contribution in [0.15, 0.2) is 23.1 Å². The third kappa shape index (κ3) is 2.80. The standard InChI is InChI=1S/C13H19FN2O2S/c1-10-5-6-12(14)13(8-10)19(17,18)16-7-3-2-4-11(16)9-15/h5-6,8,11H,2-4,7,9,15H2,1H3. The van der Waals surface area contributed by atoms with Crippen molar-refractivity contribution < 1.29 is 12.8 Å². The molecule has 0 bridgehead atoms. The van der Waals surface area contributed by atoms with Crippen LogP contribution in [0, 0.1) is 12.7 Å². The number of rotatable bonds is 3. The molecule has 0 spiro atoms. The van der Waals surface area contributed by atoms with Crippen LogP contribution in [0.2, 0.25) is 0 Å². The average Bonchev–Trinajstić information content (AvgIpc) is 2.41. The summed E-state index contributed by atoms with van der Waals surface area (Å²) in [6.07, 6.45) is 2.50. The van der Waals surface area contributed by atoms with Crippen LogP contribution in [0.1, 0.15) is 24.8 Å². The molecule has 0 amide bonds. The van der Waals surface area contributed by atoms with E-state index in [1.807, 2.05) is 0 Å². The summed E-state index contributed by atoms with van der Waals surface area (Å²) in [6, 6.07) is 3.92. The second kappa shape index (κ2) is 5.56. The van der Waals surface area contributed by atoms with Gasteiger partial charge in [0.2, 0.25) is 10.0 Å². The lowest BCUT2D eigenvalue weighted by Gasteiger charge is -2.34. The molecule has 1 heterocycles. The van der Waals surface area contributed by atoms with Crippen LogP contribution in [-0.2, 0) is 10.0 Å². The highest BCUT2D eigenvalue weighted by Crippen LogP contribution is 2.26. The lowest BCUT2D eigenvalue weighted by Crippen LogP contribution is -2.47. The smallest absolute Gasteiger partial charge is 0.246 e. The number of sulfonamides is 1. The number of halogens is 1. The summed E-state index contributed by atoms with van der Waals surface area (Å²) >= 11 is 0. The predicted octanol–water partition coefficient (Wildman–Crippen LogP) is 1.64. The fourth-order valence-corrected chi connectivity index (χ4v) is 4.32.